The zero-order valence-electron chi connectivity index (χ0n) is 8.04. The van der Waals surface area contributed by atoms with Gasteiger partial charge in [0.25, 0.3) is 0 Å². The van der Waals surface area contributed by atoms with Gasteiger partial charge in [-0.05, 0) is 46.1 Å². The lowest BCUT2D eigenvalue weighted by molar-refractivity contribution is 0.628. The van der Waals surface area contributed by atoms with Crippen molar-refractivity contribution in [2.45, 2.75) is 6.92 Å². The third kappa shape index (κ3) is 2.04. The number of rotatable bonds is 1. The SMILES string of the molecule is Cc1ccc(F)cc1-c1cncnc1Br. The van der Waals surface area contributed by atoms with Gasteiger partial charge < -0.3 is 0 Å². The molecule has 0 unspecified atom stereocenters. The van der Waals surface area contributed by atoms with Crippen molar-refractivity contribution in [3.8, 4) is 11.1 Å². The Morgan fingerprint density at radius 1 is 1.27 bits per heavy atom. The molecule has 0 aliphatic rings. The first-order chi connectivity index (χ1) is 7.18. The van der Waals surface area contributed by atoms with Gasteiger partial charge in [0.05, 0.1) is 0 Å². The van der Waals surface area contributed by atoms with Gasteiger partial charge in [0.2, 0.25) is 0 Å². The third-order valence-corrected chi connectivity index (χ3v) is 2.79. The van der Waals surface area contributed by atoms with E-state index in [4.69, 9.17) is 0 Å². The summed E-state index contributed by atoms with van der Waals surface area (Å²) in [4.78, 5) is 7.94. The van der Waals surface area contributed by atoms with Gasteiger partial charge >= 0.3 is 0 Å². The molecule has 0 N–H and O–H groups in total. The van der Waals surface area contributed by atoms with E-state index in [1.165, 1.54) is 18.5 Å². The van der Waals surface area contributed by atoms with Crippen molar-refractivity contribution >= 4 is 15.9 Å². The van der Waals surface area contributed by atoms with E-state index < -0.39 is 0 Å². The average Bonchev–Trinajstić information content (AvgIpc) is 2.23. The van der Waals surface area contributed by atoms with Gasteiger partial charge in [-0.3, -0.25) is 0 Å². The molecule has 2 rings (SSSR count). The highest BCUT2D eigenvalue weighted by Crippen LogP contribution is 2.28. The topological polar surface area (TPSA) is 25.8 Å². The molecule has 1 heterocycles. The fraction of sp³-hybridized carbons (Fsp3) is 0.0909. The van der Waals surface area contributed by atoms with Crippen LogP contribution in [0.4, 0.5) is 4.39 Å². The van der Waals surface area contributed by atoms with Crippen LogP contribution in [0.1, 0.15) is 5.56 Å². The van der Waals surface area contributed by atoms with Gasteiger partial charge in [0.1, 0.15) is 16.7 Å². The molecule has 0 spiro atoms. The minimum Gasteiger partial charge on any atom is -0.244 e. The van der Waals surface area contributed by atoms with Gasteiger partial charge in [-0.15, -0.1) is 0 Å². The highest BCUT2D eigenvalue weighted by atomic mass is 79.9. The Balaban J connectivity index is 2.64. The second-order valence-electron chi connectivity index (χ2n) is 3.19. The summed E-state index contributed by atoms with van der Waals surface area (Å²) in [7, 11) is 0. The highest BCUT2D eigenvalue weighted by molar-refractivity contribution is 9.10. The van der Waals surface area contributed by atoms with Gasteiger partial charge in [0, 0.05) is 11.8 Å². The molecular formula is C11H8BrFN2. The molecule has 0 saturated heterocycles. The van der Waals surface area contributed by atoms with E-state index in [0.29, 0.717) is 4.60 Å². The number of aryl methyl sites for hydroxylation is 1. The number of benzene rings is 1. The Bertz CT molecular complexity index is 500. The molecule has 76 valence electrons. The van der Waals surface area contributed by atoms with E-state index in [9.17, 15) is 4.39 Å². The van der Waals surface area contributed by atoms with Crippen LogP contribution in [0.5, 0.6) is 0 Å². The first-order valence-corrected chi connectivity index (χ1v) is 5.20. The van der Waals surface area contributed by atoms with Crippen molar-refractivity contribution in [3.05, 3.63) is 46.7 Å². The van der Waals surface area contributed by atoms with Crippen molar-refractivity contribution in [2.75, 3.05) is 0 Å². The summed E-state index contributed by atoms with van der Waals surface area (Å²) in [5.41, 5.74) is 2.60. The minimum atomic E-state index is -0.258. The third-order valence-electron chi connectivity index (χ3n) is 2.15. The van der Waals surface area contributed by atoms with Crippen molar-refractivity contribution in [2.24, 2.45) is 0 Å². The number of nitrogens with zero attached hydrogens (tertiary/aromatic N) is 2. The second kappa shape index (κ2) is 4.06. The fourth-order valence-electron chi connectivity index (χ4n) is 1.38. The summed E-state index contributed by atoms with van der Waals surface area (Å²) < 4.78 is 13.8. The molecule has 4 heteroatoms. The molecule has 0 amide bonds. The lowest BCUT2D eigenvalue weighted by Gasteiger charge is -2.06. The highest BCUT2D eigenvalue weighted by Gasteiger charge is 2.07. The molecule has 0 aliphatic carbocycles. The van der Waals surface area contributed by atoms with Crippen LogP contribution in [-0.4, -0.2) is 9.97 Å². The Kier molecular flexibility index (Phi) is 2.77. The van der Waals surface area contributed by atoms with Crippen molar-refractivity contribution in [1.29, 1.82) is 0 Å². The number of halogens is 2. The monoisotopic (exact) mass is 266 g/mol. The quantitative estimate of drug-likeness (QED) is 0.740. The van der Waals surface area contributed by atoms with Crippen molar-refractivity contribution < 1.29 is 4.39 Å². The number of aromatic nitrogens is 2. The number of hydrogen-bond acceptors (Lipinski definition) is 2. The molecule has 1 aromatic heterocycles. The van der Waals surface area contributed by atoms with E-state index in [1.807, 2.05) is 6.92 Å². The summed E-state index contributed by atoms with van der Waals surface area (Å²) in [6, 6.07) is 4.67. The molecule has 1 aromatic carbocycles. The predicted molar refractivity (Wildman–Crippen MR) is 59.9 cm³/mol. The molecule has 0 atom stereocenters. The molecule has 0 aliphatic heterocycles. The van der Waals surface area contributed by atoms with Crippen LogP contribution >= 0.6 is 15.9 Å². The van der Waals surface area contributed by atoms with Crippen LogP contribution in [0, 0.1) is 12.7 Å². The van der Waals surface area contributed by atoms with Gasteiger partial charge in [-0.2, -0.15) is 0 Å². The second-order valence-corrected chi connectivity index (χ2v) is 3.94. The first-order valence-electron chi connectivity index (χ1n) is 4.40. The summed E-state index contributed by atoms with van der Waals surface area (Å²) in [6.07, 6.45) is 3.11. The smallest absolute Gasteiger partial charge is 0.123 e. The summed E-state index contributed by atoms with van der Waals surface area (Å²) in [6.45, 7) is 1.92. The van der Waals surface area contributed by atoms with Crippen LogP contribution in [0.15, 0.2) is 35.3 Å². The Morgan fingerprint density at radius 2 is 2.07 bits per heavy atom. The van der Waals surface area contributed by atoms with E-state index in [2.05, 4.69) is 25.9 Å². The van der Waals surface area contributed by atoms with Gasteiger partial charge in [-0.1, -0.05) is 6.07 Å². The fourth-order valence-corrected chi connectivity index (χ4v) is 1.79. The first kappa shape index (κ1) is 10.2. The molecule has 0 radical (unpaired) electrons. The Labute approximate surface area is 95.3 Å². The molecule has 0 fully saturated rings. The Hall–Kier alpha value is -1.29. The molecule has 2 nitrogen and oxygen atoms in total. The maximum absolute atomic E-state index is 13.1. The normalized spacial score (nSPS) is 10.3. The van der Waals surface area contributed by atoms with Gasteiger partial charge in [0.15, 0.2) is 0 Å². The van der Waals surface area contributed by atoms with Gasteiger partial charge in [-0.25, -0.2) is 14.4 Å². The molecule has 0 saturated carbocycles. The van der Waals surface area contributed by atoms with E-state index in [-0.39, 0.29) is 5.82 Å². The van der Waals surface area contributed by atoms with E-state index in [0.717, 1.165) is 16.7 Å². The predicted octanol–water partition coefficient (Wildman–Crippen LogP) is 3.35. The van der Waals surface area contributed by atoms with Crippen LogP contribution < -0.4 is 0 Å². The average molecular weight is 267 g/mol. The molecule has 2 aromatic rings. The largest absolute Gasteiger partial charge is 0.244 e. The Morgan fingerprint density at radius 3 is 2.80 bits per heavy atom. The number of hydrogen-bond donors (Lipinski definition) is 0. The zero-order valence-corrected chi connectivity index (χ0v) is 9.62. The zero-order chi connectivity index (χ0) is 10.8. The molecule has 0 bridgehead atoms. The van der Waals surface area contributed by atoms with Crippen molar-refractivity contribution in [1.82, 2.24) is 9.97 Å². The van der Waals surface area contributed by atoms with Crippen LogP contribution in [-0.2, 0) is 0 Å². The summed E-state index contributed by atoms with van der Waals surface area (Å²) in [5, 5.41) is 0. The maximum Gasteiger partial charge on any atom is 0.123 e. The maximum atomic E-state index is 13.1. The van der Waals surface area contributed by atoms with Crippen molar-refractivity contribution in [3.63, 3.8) is 0 Å². The lowest BCUT2D eigenvalue weighted by Crippen LogP contribution is -1.89. The standard InChI is InChI=1S/C11H8BrFN2/c1-7-2-3-8(13)4-9(7)10-5-14-6-15-11(10)12/h2-6H,1H3. The summed E-state index contributed by atoms with van der Waals surface area (Å²) in [5.74, 6) is -0.258. The molecular weight excluding hydrogens is 259 g/mol. The van der Waals surface area contributed by atoms with E-state index >= 15 is 0 Å². The molecule has 15 heavy (non-hydrogen) atoms. The van der Waals surface area contributed by atoms with Crippen LogP contribution in [0.2, 0.25) is 0 Å². The van der Waals surface area contributed by atoms with E-state index in [1.54, 1.807) is 12.3 Å². The lowest BCUT2D eigenvalue weighted by atomic mass is 10.0. The van der Waals surface area contributed by atoms with Crippen LogP contribution in [0.25, 0.3) is 11.1 Å². The van der Waals surface area contributed by atoms with Crippen LogP contribution in [0.3, 0.4) is 0 Å². The summed E-state index contributed by atoms with van der Waals surface area (Å²) >= 11 is 3.32. The minimum absolute atomic E-state index is 0.258.